The summed E-state index contributed by atoms with van der Waals surface area (Å²) < 4.78 is 30.0. The van der Waals surface area contributed by atoms with Gasteiger partial charge in [-0.3, -0.25) is 0 Å². The number of alkyl halides is 2. The highest BCUT2D eigenvalue weighted by Gasteiger charge is 2.23. The maximum absolute atomic E-state index is 12.4. The topological polar surface area (TPSA) is 29.5 Å². The number of hydrogen-bond donors (Lipinski definition) is 0. The Morgan fingerprint density at radius 1 is 1.60 bits per heavy atom. The molecule has 0 bridgehead atoms. The van der Waals surface area contributed by atoms with Crippen molar-refractivity contribution in [3.05, 3.63) is 16.3 Å². The molecule has 0 saturated carbocycles. The number of carbonyl (C=O) groups is 1. The SMILES string of the molecule is CN1CCCC[C@@H]1COC(=O)c1sccc1SC(F)F. The summed E-state index contributed by atoms with van der Waals surface area (Å²) in [7, 11) is 2.01. The summed E-state index contributed by atoms with van der Waals surface area (Å²) in [5.41, 5.74) is 0. The zero-order valence-electron chi connectivity index (χ0n) is 11.2. The van der Waals surface area contributed by atoms with Gasteiger partial charge in [-0.1, -0.05) is 18.2 Å². The van der Waals surface area contributed by atoms with Crippen LogP contribution in [-0.4, -0.2) is 42.9 Å². The summed E-state index contributed by atoms with van der Waals surface area (Å²) in [6, 6.07) is 1.77. The number of esters is 1. The molecule has 2 rings (SSSR count). The minimum atomic E-state index is -2.53. The van der Waals surface area contributed by atoms with E-state index in [1.807, 2.05) is 7.05 Å². The number of halogens is 2. The molecular formula is C13H17F2NO2S2. The normalized spacial score (nSPS) is 20.3. The number of thioether (sulfide) groups is 1. The van der Waals surface area contributed by atoms with Crippen molar-refractivity contribution in [2.75, 3.05) is 20.2 Å². The maximum Gasteiger partial charge on any atom is 0.349 e. The van der Waals surface area contributed by atoms with Crippen LogP contribution in [0.5, 0.6) is 0 Å². The van der Waals surface area contributed by atoms with Crippen molar-refractivity contribution < 1.29 is 18.3 Å². The number of thiophene rings is 1. The molecular weight excluding hydrogens is 304 g/mol. The highest BCUT2D eigenvalue weighted by molar-refractivity contribution is 7.99. The van der Waals surface area contributed by atoms with Crippen molar-refractivity contribution >= 4 is 29.1 Å². The van der Waals surface area contributed by atoms with Crippen LogP contribution >= 0.6 is 23.1 Å². The molecule has 0 amide bonds. The average Bonchev–Trinajstić information content (AvgIpc) is 2.85. The minimum absolute atomic E-state index is 0.235. The van der Waals surface area contributed by atoms with Gasteiger partial charge in [0.1, 0.15) is 11.5 Å². The van der Waals surface area contributed by atoms with Crippen molar-refractivity contribution in [2.24, 2.45) is 0 Å². The Bertz CT molecular complexity index is 453. The first kappa shape index (κ1) is 15.7. The van der Waals surface area contributed by atoms with Crippen LogP contribution in [0.1, 0.15) is 28.9 Å². The molecule has 1 aliphatic rings. The summed E-state index contributed by atoms with van der Waals surface area (Å²) >= 11 is 1.53. The van der Waals surface area contributed by atoms with Crippen molar-refractivity contribution in [3.8, 4) is 0 Å². The molecule has 1 aliphatic heterocycles. The third-order valence-electron chi connectivity index (χ3n) is 3.36. The molecule has 0 aromatic carbocycles. The lowest BCUT2D eigenvalue weighted by molar-refractivity contribution is 0.0330. The Kier molecular flexibility index (Phi) is 5.80. The monoisotopic (exact) mass is 321 g/mol. The molecule has 1 atom stereocenters. The van der Waals surface area contributed by atoms with E-state index in [9.17, 15) is 13.6 Å². The Labute approximate surface area is 125 Å². The molecule has 0 spiro atoms. The highest BCUT2D eigenvalue weighted by Crippen LogP contribution is 2.32. The molecule has 1 fully saturated rings. The average molecular weight is 321 g/mol. The van der Waals surface area contributed by atoms with Crippen molar-refractivity contribution in [1.29, 1.82) is 0 Å². The third-order valence-corrected chi connectivity index (χ3v) is 5.15. The second-order valence-corrected chi connectivity index (χ2v) is 6.67. The van der Waals surface area contributed by atoms with E-state index < -0.39 is 11.7 Å². The van der Waals surface area contributed by atoms with Crippen molar-refractivity contribution in [2.45, 2.75) is 36.0 Å². The van der Waals surface area contributed by atoms with Crippen LogP contribution in [0, 0.1) is 0 Å². The number of likely N-dealkylation sites (tertiary alicyclic amines) is 1. The van der Waals surface area contributed by atoms with Gasteiger partial charge in [0.05, 0.1) is 0 Å². The molecule has 1 aromatic heterocycles. The fraction of sp³-hybridized carbons (Fsp3) is 0.615. The predicted octanol–water partition coefficient (Wildman–Crippen LogP) is 3.70. The first-order valence-electron chi connectivity index (χ1n) is 6.47. The molecule has 20 heavy (non-hydrogen) atoms. The van der Waals surface area contributed by atoms with E-state index in [2.05, 4.69) is 4.90 Å². The number of hydrogen-bond acceptors (Lipinski definition) is 5. The Morgan fingerprint density at radius 2 is 2.40 bits per heavy atom. The van der Waals surface area contributed by atoms with Crippen LogP contribution in [0.4, 0.5) is 8.78 Å². The lowest BCUT2D eigenvalue weighted by Gasteiger charge is -2.31. The molecule has 0 N–H and O–H groups in total. The van der Waals surface area contributed by atoms with Crippen molar-refractivity contribution in [3.63, 3.8) is 0 Å². The molecule has 0 unspecified atom stereocenters. The fourth-order valence-corrected chi connectivity index (χ4v) is 3.81. The van der Waals surface area contributed by atoms with Gasteiger partial charge < -0.3 is 9.64 Å². The molecule has 0 aliphatic carbocycles. The van der Waals surface area contributed by atoms with E-state index in [1.54, 1.807) is 5.38 Å². The zero-order chi connectivity index (χ0) is 14.5. The van der Waals surface area contributed by atoms with Gasteiger partial charge in [-0.05, 0) is 37.9 Å². The lowest BCUT2D eigenvalue weighted by Crippen LogP contribution is -2.39. The summed E-state index contributed by atoms with van der Waals surface area (Å²) in [4.78, 5) is 14.7. The standard InChI is InChI=1S/C13H17F2NO2S2/c1-16-6-3-2-4-9(16)8-18-12(17)11-10(5-7-19-11)20-13(14)15/h5,7,9,13H,2-4,6,8H2,1H3/t9-/m1/s1. The van der Waals surface area contributed by atoms with Gasteiger partial charge in [0.25, 0.3) is 5.76 Å². The smallest absolute Gasteiger partial charge is 0.349 e. The van der Waals surface area contributed by atoms with Gasteiger partial charge >= 0.3 is 5.97 Å². The van der Waals surface area contributed by atoms with Gasteiger partial charge in [0.2, 0.25) is 0 Å². The molecule has 1 aromatic rings. The Morgan fingerprint density at radius 3 is 3.10 bits per heavy atom. The lowest BCUT2D eigenvalue weighted by atomic mass is 10.0. The van der Waals surface area contributed by atoms with Crippen LogP contribution in [0.25, 0.3) is 0 Å². The molecule has 3 nitrogen and oxygen atoms in total. The summed E-state index contributed by atoms with van der Waals surface area (Å²) in [6.07, 6.45) is 3.31. The zero-order valence-corrected chi connectivity index (χ0v) is 12.8. The highest BCUT2D eigenvalue weighted by atomic mass is 32.2. The summed E-state index contributed by atoms with van der Waals surface area (Å²) in [6.45, 7) is 1.33. The molecule has 1 saturated heterocycles. The Balaban J connectivity index is 1.90. The van der Waals surface area contributed by atoms with E-state index in [0.717, 1.165) is 30.7 Å². The number of ether oxygens (including phenoxy) is 1. The van der Waals surface area contributed by atoms with Gasteiger partial charge in [-0.2, -0.15) is 8.78 Å². The molecule has 0 radical (unpaired) electrons. The van der Waals surface area contributed by atoms with Gasteiger partial charge in [-0.25, -0.2) is 4.79 Å². The van der Waals surface area contributed by atoms with E-state index in [1.165, 1.54) is 12.5 Å². The minimum Gasteiger partial charge on any atom is -0.460 e. The van der Waals surface area contributed by atoms with Crippen LogP contribution < -0.4 is 0 Å². The number of nitrogens with zero attached hydrogens (tertiary/aromatic N) is 1. The molecule has 112 valence electrons. The quantitative estimate of drug-likeness (QED) is 0.611. The maximum atomic E-state index is 12.4. The van der Waals surface area contributed by atoms with E-state index in [0.29, 0.717) is 23.3 Å². The fourth-order valence-electron chi connectivity index (χ4n) is 2.23. The number of likely N-dealkylation sites (N-methyl/N-ethyl adjacent to an activating group) is 1. The predicted molar refractivity (Wildman–Crippen MR) is 76.7 cm³/mol. The van der Waals surface area contributed by atoms with Crippen LogP contribution in [0.2, 0.25) is 0 Å². The second-order valence-electron chi connectivity index (χ2n) is 4.72. The van der Waals surface area contributed by atoms with Crippen LogP contribution in [-0.2, 0) is 4.74 Å². The van der Waals surface area contributed by atoms with Gasteiger partial charge in [0.15, 0.2) is 0 Å². The summed E-state index contributed by atoms with van der Waals surface area (Å²) in [5.74, 6) is -3.03. The van der Waals surface area contributed by atoms with E-state index >= 15 is 0 Å². The number of rotatable bonds is 5. The van der Waals surface area contributed by atoms with Gasteiger partial charge in [-0.15, -0.1) is 11.3 Å². The number of carbonyl (C=O) groups excluding carboxylic acids is 1. The largest absolute Gasteiger partial charge is 0.460 e. The third kappa shape index (κ3) is 4.17. The van der Waals surface area contributed by atoms with E-state index in [-0.39, 0.29) is 10.9 Å². The van der Waals surface area contributed by atoms with E-state index in [4.69, 9.17) is 4.74 Å². The first-order valence-corrected chi connectivity index (χ1v) is 8.23. The second kappa shape index (κ2) is 7.38. The van der Waals surface area contributed by atoms with Crippen molar-refractivity contribution in [1.82, 2.24) is 4.90 Å². The number of piperidine rings is 1. The molecule has 7 heteroatoms. The summed E-state index contributed by atoms with van der Waals surface area (Å²) in [5, 5.41) is 1.63. The van der Waals surface area contributed by atoms with Crippen LogP contribution in [0.15, 0.2) is 16.3 Å². The van der Waals surface area contributed by atoms with Gasteiger partial charge in [0, 0.05) is 10.9 Å². The molecule has 2 heterocycles. The Hall–Kier alpha value is -0.660. The first-order chi connectivity index (χ1) is 9.58. The van der Waals surface area contributed by atoms with Crippen LogP contribution in [0.3, 0.4) is 0 Å².